The van der Waals surface area contributed by atoms with Gasteiger partial charge in [-0.25, -0.2) is 0 Å². The average Bonchev–Trinajstić information content (AvgIpc) is 2.34. The number of carboxylic acid groups (broad SMARTS) is 1. The number of rotatable bonds is 6. The van der Waals surface area contributed by atoms with Gasteiger partial charge in [0.25, 0.3) is 0 Å². The first-order chi connectivity index (χ1) is 8.15. The van der Waals surface area contributed by atoms with E-state index in [0.29, 0.717) is 6.42 Å². The Morgan fingerprint density at radius 2 is 2.12 bits per heavy atom. The highest BCUT2D eigenvalue weighted by Gasteiger charge is 2.24. The minimum Gasteiger partial charge on any atom is -0.481 e. The van der Waals surface area contributed by atoms with Crippen LogP contribution in [0.4, 0.5) is 0 Å². The summed E-state index contributed by atoms with van der Waals surface area (Å²) in [7, 11) is 0. The minimum absolute atomic E-state index is 0.0136. The monoisotopic (exact) mass is 234 g/mol. The summed E-state index contributed by atoms with van der Waals surface area (Å²) in [6.45, 7) is -0.0136. The van der Waals surface area contributed by atoms with Gasteiger partial charge in [0.1, 0.15) is 0 Å². The Morgan fingerprint density at radius 1 is 1.47 bits per heavy atom. The van der Waals surface area contributed by atoms with Crippen molar-refractivity contribution in [2.24, 2.45) is 16.8 Å². The second kappa shape index (κ2) is 6.52. The smallest absolute Gasteiger partial charge is 0.308 e. The summed E-state index contributed by atoms with van der Waals surface area (Å²) in [5.74, 6) is -1.72. The number of aliphatic carboxylic acids is 1. The molecule has 0 saturated heterocycles. The van der Waals surface area contributed by atoms with Gasteiger partial charge in [0.15, 0.2) is 0 Å². The molecule has 0 radical (unpaired) electrons. The van der Waals surface area contributed by atoms with Gasteiger partial charge < -0.3 is 10.8 Å². The minimum atomic E-state index is -0.977. The van der Waals surface area contributed by atoms with Crippen molar-refractivity contribution >= 4 is 5.97 Å². The van der Waals surface area contributed by atoms with Crippen molar-refractivity contribution in [1.82, 2.24) is 0 Å². The fraction of sp³-hybridized carbons (Fsp3) is 0.364. The number of benzene rings is 1. The molecule has 1 aromatic carbocycles. The molecule has 1 rings (SSSR count). The van der Waals surface area contributed by atoms with E-state index in [1.807, 2.05) is 30.3 Å². The summed E-state index contributed by atoms with van der Waals surface area (Å²) in [6, 6.07) is 8.55. The molecule has 0 aliphatic heterocycles. The van der Waals surface area contributed by atoms with Crippen molar-refractivity contribution in [2.75, 3.05) is 6.54 Å². The van der Waals surface area contributed by atoms with Crippen LogP contribution in [-0.2, 0) is 11.2 Å². The number of nitrogens with two attached hydrogens (primary N) is 1. The Kier molecular flexibility index (Phi) is 5.00. The Balaban J connectivity index is 2.73. The highest BCUT2D eigenvalue weighted by molar-refractivity contribution is 5.71. The van der Waals surface area contributed by atoms with E-state index in [4.69, 9.17) is 16.4 Å². The number of azide groups is 1. The zero-order valence-corrected chi connectivity index (χ0v) is 9.23. The van der Waals surface area contributed by atoms with Gasteiger partial charge in [-0.15, -0.1) is 0 Å². The van der Waals surface area contributed by atoms with Crippen LogP contribution in [0.2, 0.25) is 0 Å². The molecule has 0 amide bonds. The van der Waals surface area contributed by atoms with Crippen LogP contribution < -0.4 is 5.73 Å². The summed E-state index contributed by atoms with van der Waals surface area (Å²) in [6.07, 6.45) is 0.332. The number of hydrogen-bond acceptors (Lipinski definition) is 3. The van der Waals surface area contributed by atoms with E-state index in [0.717, 1.165) is 5.56 Å². The number of carbonyl (C=O) groups is 1. The third kappa shape index (κ3) is 4.14. The van der Waals surface area contributed by atoms with E-state index >= 15 is 0 Å². The first-order valence-corrected chi connectivity index (χ1v) is 5.18. The highest BCUT2D eigenvalue weighted by atomic mass is 16.4. The van der Waals surface area contributed by atoms with Gasteiger partial charge >= 0.3 is 5.97 Å². The third-order valence-electron chi connectivity index (χ3n) is 2.49. The fourth-order valence-corrected chi connectivity index (χ4v) is 1.55. The largest absolute Gasteiger partial charge is 0.481 e. The number of nitrogens with zero attached hydrogens (tertiary/aromatic N) is 3. The molecule has 6 heteroatoms. The van der Waals surface area contributed by atoms with Crippen LogP contribution in [0.25, 0.3) is 10.4 Å². The zero-order valence-electron chi connectivity index (χ0n) is 9.23. The van der Waals surface area contributed by atoms with Crippen molar-refractivity contribution in [2.45, 2.75) is 12.5 Å². The molecule has 17 heavy (non-hydrogen) atoms. The fourth-order valence-electron chi connectivity index (χ4n) is 1.55. The lowest BCUT2D eigenvalue weighted by Crippen LogP contribution is -2.39. The zero-order chi connectivity index (χ0) is 12.7. The van der Waals surface area contributed by atoms with Crippen molar-refractivity contribution in [1.29, 1.82) is 0 Å². The summed E-state index contributed by atoms with van der Waals surface area (Å²) >= 11 is 0. The van der Waals surface area contributed by atoms with E-state index in [1.54, 1.807) is 0 Å². The summed E-state index contributed by atoms with van der Waals surface area (Å²) in [5, 5.41) is 12.4. The van der Waals surface area contributed by atoms with Gasteiger partial charge in [-0.1, -0.05) is 35.4 Å². The van der Waals surface area contributed by atoms with Gasteiger partial charge in [-0.3, -0.25) is 4.79 Å². The maximum atomic E-state index is 11.1. The van der Waals surface area contributed by atoms with E-state index in [2.05, 4.69) is 10.0 Å². The van der Waals surface area contributed by atoms with Crippen LogP contribution in [0.3, 0.4) is 0 Å². The summed E-state index contributed by atoms with van der Waals surface area (Å²) in [5.41, 5.74) is 14.8. The Labute approximate surface area is 98.7 Å². The molecule has 2 atom stereocenters. The molecule has 1 unspecified atom stereocenters. The standard InChI is InChI=1S/C11H14N4O2/c12-10(7-14-15-13)9(11(16)17)6-8-4-2-1-3-5-8/h1-5,9-10H,6-7,12H2,(H,16,17)/t9?,10-/m1/s1. The first-order valence-electron chi connectivity index (χ1n) is 5.18. The van der Waals surface area contributed by atoms with Gasteiger partial charge in [0, 0.05) is 17.5 Å². The Bertz CT molecular complexity index is 415. The van der Waals surface area contributed by atoms with E-state index in [9.17, 15) is 4.79 Å². The highest BCUT2D eigenvalue weighted by Crippen LogP contribution is 2.12. The number of carboxylic acids is 1. The first kappa shape index (κ1) is 13.0. The Morgan fingerprint density at radius 3 is 2.65 bits per heavy atom. The maximum Gasteiger partial charge on any atom is 0.308 e. The van der Waals surface area contributed by atoms with Crippen LogP contribution in [0.1, 0.15) is 5.56 Å². The van der Waals surface area contributed by atoms with Crippen LogP contribution in [0, 0.1) is 5.92 Å². The van der Waals surface area contributed by atoms with Crippen LogP contribution >= 0.6 is 0 Å². The normalized spacial score (nSPS) is 13.5. The molecule has 0 fully saturated rings. The molecule has 0 bridgehead atoms. The van der Waals surface area contributed by atoms with Crippen molar-refractivity contribution in [3.8, 4) is 0 Å². The molecule has 0 aliphatic rings. The van der Waals surface area contributed by atoms with Gasteiger partial charge in [0.05, 0.1) is 5.92 Å². The van der Waals surface area contributed by atoms with E-state index in [1.165, 1.54) is 0 Å². The molecular weight excluding hydrogens is 220 g/mol. The van der Waals surface area contributed by atoms with Crippen LogP contribution in [0.15, 0.2) is 35.4 Å². The van der Waals surface area contributed by atoms with Crippen LogP contribution in [0.5, 0.6) is 0 Å². The average molecular weight is 234 g/mol. The van der Waals surface area contributed by atoms with Crippen LogP contribution in [-0.4, -0.2) is 23.7 Å². The number of hydrogen-bond donors (Lipinski definition) is 2. The summed E-state index contributed by atoms with van der Waals surface area (Å²) < 4.78 is 0. The quantitative estimate of drug-likeness (QED) is 0.442. The molecule has 6 nitrogen and oxygen atoms in total. The predicted molar refractivity (Wildman–Crippen MR) is 63.3 cm³/mol. The molecule has 0 spiro atoms. The molecule has 1 aromatic rings. The third-order valence-corrected chi connectivity index (χ3v) is 2.49. The van der Waals surface area contributed by atoms with E-state index < -0.39 is 17.9 Å². The van der Waals surface area contributed by atoms with Gasteiger partial charge in [-0.2, -0.15) is 0 Å². The molecule has 90 valence electrons. The SMILES string of the molecule is [N-]=[N+]=NC[C@@H](N)C(Cc1ccccc1)C(=O)O. The predicted octanol–water partition coefficient (Wildman–Crippen LogP) is 1.57. The molecule has 0 saturated carbocycles. The lowest BCUT2D eigenvalue weighted by atomic mass is 9.93. The molecular formula is C11H14N4O2. The summed E-state index contributed by atoms with van der Waals surface area (Å²) in [4.78, 5) is 13.7. The molecule has 3 N–H and O–H groups in total. The van der Waals surface area contributed by atoms with Gasteiger partial charge in [-0.05, 0) is 17.5 Å². The topological polar surface area (TPSA) is 112 Å². The van der Waals surface area contributed by atoms with Crippen molar-refractivity contribution in [3.63, 3.8) is 0 Å². The lowest BCUT2D eigenvalue weighted by molar-refractivity contribution is -0.142. The van der Waals surface area contributed by atoms with Crippen molar-refractivity contribution in [3.05, 3.63) is 46.3 Å². The van der Waals surface area contributed by atoms with Crippen molar-refractivity contribution < 1.29 is 9.90 Å². The van der Waals surface area contributed by atoms with Gasteiger partial charge in [0.2, 0.25) is 0 Å². The molecule has 0 heterocycles. The molecule has 0 aromatic heterocycles. The maximum absolute atomic E-state index is 11.1. The second-order valence-corrected chi connectivity index (χ2v) is 3.71. The van der Waals surface area contributed by atoms with E-state index in [-0.39, 0.29) is 6.54 Å². The lowest BCUT2D eigenvalue weighted by Gasteiger charge is -2.18. The Hall–Kier alpha value is -2.04. The molecule has 0 aliphatic carbocycles. The second-order valence-electron chi connectivity index (χ2n) is 3.71.